The van der Waals surface area contributed by atoms with Crippen LogP contribution in [0.25, 0.3) is 11.1 Å². The molecule has 1 aliphatic heterocycles. The summed E-state index contributed by atoms with van der Waals surface area (Å²) in [6.07, 6.45) is 4.04. The Morgan fingerprint density at radius 2 is 2.00 bits per heavy atom. The number of aromatic nitrogens is 1. The lowest BCUT2D eigenvalue weighted by Gasteiger charge is -2.33. The first-order valence-corrected chi connectivity index (χ1v) is 9.50. The zero-order chi connectivity index (χ0) is 19.4. The Kier molecular flexibility index (Phi) is 5.80. The Balaban J connectivity index is 1.85. The van der Waals surface area contributed by atoms with E-state index in [-0.39, 0.29) is 12.2 Å². The maximum absolute atomic E-state index is 12.5. The van der Waals surface area contributed by atoms with E-state index in [4.69, 9.17) is 9.47 Å². The summed E-state index contributed by atoms with van der Waals surface area (Å²) in [5.41, 5.74) is 4.30. The maximum Gasteiger partial charge on any atom is 0.410 e. The molecule has 0 bridgehead atoms. The van der Waals surface area contributed by atoms with E-state index in [0.29, 0.717) is 19.7 Å². The molecule has 5 heteroatoms. The van der Waals surface area contributed by atoms with Gasteiger partial charge in [0.15, 0.2) is 0 Å². The molecular weight excluding hydrogens is 340 g/mol. The van der Waals surface area contributed by atoms with Crippen molar-refractivity contribution >= 4 is 6.09 Å². The second kappa shape index (κ2) is 8.09. The Bertz CT molecular complexity index is 784. The molecule has 3 rings (SSSR count). The van der Waals surface area contributed by atoms with Gasteiger partial charge in [0.05, 0.1) is 13.2 Å². The van der Waals surface area contributed by atoms with Gasteiger partial charge in [0.1, 0.15) is 11.7 Å². The SMILES string of the molecule is CCN(CC1OCCc2c(-c3ccncc3)cccc21)C(=O)OC(C)(C)C. The molecule has 1 amide bonds. The van der Waals surface area contributed by atoms with Crippen molar-refractivity contribution in [2.24, 2.45) is 0 Å². The van der Waals surface area contributed by atoms with E-state index in [0.717, 1.165) is 17.5 Å². The van der Waals surface area contributed by atoms with Crippen molar-refractivity contribution in [3.05, 3.63) is 53.9 Å². The zero-order valence-corrected chi connectivity index (χ0v) is 16.6. The molecule has 0 radical (unpaired) electrons. The molecule has 1 unspecified atom stereocenters. The molecule has 0 N–H and O–H groups in total. The molecule has 1 atom stereocenters. The lowest BCUT2D eigenvalue weighted by atomic mass is 9.90. The molecule has 2 aromatic rings. The van der Waals surface area contributed by atoms with Crippen molar-refractivity contribution in [3.63, 3.8) is 0 Å². The summed E-state index contributed by atoms with van der Waals surface area (Å²) in [7, 11) is 0. The zero-order valence-electron chi connectivity index (χ0n) is 16.6. The standard InChI is InChI=1S/C22H28N2O3/c1-5-24(21(25)27-22(2,3)4)15-20-19-8-6-7-17(18(19)11-14-26-20)16-9-12-23-13-10-16/h6-10,12-13,20H,5,11,14-15H2,1-4H3. The van der Waals surface area contributed by atoms with E-state index in [9.17, 15) is 4.79 Å². The van der Waals surface area contributed by atoms with Gasteiger partial charge in [-0.3, -0.25) is 4.98 Å². The van der Waals surface area contributed by atoms with Crippen molar-refractivity contribution < 1.29 is 14.3 Å². The van der Waals surface area contributed by atoms with Gasteiger partial charge in [0.2, 0.25) is 0 Å². The highest BCUT2D eigenvalue weighted by molar-refractivity contribution is 5.70. The third-order valence-electron chi connectivity index (χ3n) is 4.64. The number of carbonyl (C=O) groups excluding carboxylic acids is 1. The molecule has 144 valence electrons. The van der Waals surface area contributed by atoms with Crippen LogP contribution < -0.4 is 0 Å². The number of nitrogens with zero attached hydrogens (tertiary/aromatic N) is 2. The first-order chi connectivity index (χ1) is 12.9. The minimum atomic E-state index is -0.510. The molecule has 5 nitrogen and oxygen atoms in total. The van der Waals surface area contributed by atoms with Crippen LogP contribution in [0.1, 0.15) is 44.9 Å². The fourth-order valence-corrected chi connectivity index (χ4v) is 3.39. The van der Waals surface area contributed by atoms with Crippen molar-refractivity contribution in [3.8, 4) is 11.1 Å². The van der Waals surface area contributed by atoms with Gasteiger partial charge >= 0.3 is 6.09 Å². The van der Waals surface area contributed by atoms with Crippen molar-refractivity contribution in [2.75, 3.05) is 19.7 Å². The number of fused-ring (bicyclic) bond motifs is 1. The smallest absolute Gasteiger partial charge is 0.410 e. The van der Waals surface area contributed by atoms with Gasteiger partial charge in [-0.1, -0.05) is 18.2 Å². The Morgan fingerprint density at radius 3 is 2.67 bits per heavy atom. The summed E-state index contributed by atoms with van der Waals surface area (Å²) in [5, 5.41) is 0. The summed E-state index contributed by atoms with van der Waals surface area (Å²) in [4.78, 5) is 18.3. The van der Waals surface area contributed by atoms with E-state index < -0.39 is 5.60 Å². The molecule has 0 spiro atoms. The molecule has 2 heterocycles. The molecule has 1 aromatic carbocycles. The average Bonchev–Trinajstić information content (AvgIpc) is 2.65. The van der Waals surface area contributed by atoms with E-state index >= 15 is 0 Å². The van der Waals surface area contributed by atoms with Crippen LogP contribution in [0, 0.1) is 0 Å². The fraction of sp³-hybridized carbons (Fsp3) is 0.455. The van der Waals surface area contributed by atoms with Gasteiger partial charge in [0.25, 0.3) is 0 Å². The highest BCUT2D eigenvalue weighted by atomic mass is 16.6. The lowest BCUT2D eigenvalue weighted by molar-refractivity contribution is -0.00627. The van der Waals surface area contributed by atoms with Gasteiger partial charge in [-0.2, -0.15) is 0 Å². The molecule has 0 aliphatic carbocycles. The predicted molar refractivity (Wildman–Crippen MR) is 106 cm³/mol. The number of benzene rings is 1. The summed E-state index contributed by atoms with van der Waals surface area (Å²) >= 11 is 0. The summed E-state index contributed by atoms with van der Waals surface area (Å²) in [6, 6.07) is 10.4. The van der Waals surface area contributed by atoms with Gasteiger partial charge in [0, 0.05) is 18.9 Å². The van der Waals surface area contributed by atoms with Gasteiger partial charge < -0.3 is 14.4 Å². The Hall–Kier alpha value is -2.40. The highest BCUT2D eigenvalue weighted by Gasteiger charge is 2.28. The van der Waals surface area contributed by atoms with Crippen molar-refractivity contribution in [1.82, 2.24) is 9.88 Å². The first-order valence-electron chi connectivity index (χ1n) is 9.50. The second-order valence-corrected chi connectivity index (χ2v) is 7.74. The van der Waals surface area contributed by atoms with E-state index in [1.807, 2.05) is 52.2 Å². The first kappa shape index (κ1) is 19.4. The van der Waals surface area contributed by atoms with E-state index in [1.165, 1.54) is 11.1 Å². The quantitative estimate of drug-likeness (QED) is 0.790. The van der Waals surface area contributed by atoms with Crippen molar-refractivity contribution in [1.29, 1.82) is 0 Å². The van der Waals surface area contributed by atoms with E-state index in [1.54, 1.807) is 4.90 Å². The van der Waals surface area contributed by atoms with Crippen LogP contribution in [0.5, 0.6) is 0 Å². The van der Waals surface area contributed by atoms with Crippen LogP contribution in [0.4, 0.5) is 4.79 Å². The van der Waals surface area contributed by atoms with E-state index in [2.05, 4.69) is 23.2 Å². The summed E-state index contributed by atoms with van der Waals surface area (Å²) in [6.45, 7) is 9.31. The molecule has 1 aromatic heterocycles. The molecule has 1 aliphatic rings. The van der Waals surface area contributed by atoms with Crippen LogP contribution >= 0.6 is 0 Å². The predicted octanol–water partition coefficient (Wildman–Crippen LogP) is 4.62. The second-order valence-electron chi connectivity index (χ2n) is 7.74. The monoisotopic (exact) mass is 368 g/mol. The van der Waals surface area contributed by atoms with Crippen molar-refractivity contribution in [2.45, 2.75) is 45.8 Å². The van der Waals surface area contributed by atoms with Gasteiger partial charge in [-0.05, 0) is 68.5 Å². The van der Waals surface area contributed by atoms with Crippen LogP contribution in [-0.2, 0) is 15.9 Å². The topological polar surface area (TPSA) is 51.7 Å². The lowest BCUT2D eigenvalue weighted by Crippen LogP contribution is -2.40. The fourth-order valence-electron chi connectivity index (χ4n) is 3.39. The number of rotatable bonds is 4. The Morgan fingerprint density at radius 1 is 1.26 bits per heavy atom. The highest BCUT2D eigenvalue weighted by Crippen LogP contribution is 2.35. The third-order valence-corrected chi connectivity index (χ3v) is 4.64. The van der Waals surface area contributed by atoms with Gasteiger partial charge in [-0.15, -0.1) is 0 Å². The van der Waals surface area contributed by atoms with Crippen LogP contribution in [0.2, 0.25) is 0 Å². The number of carbonyl (C=O) groups is 1. The number of hydrogen-bond donors (Lipinski definition) is 0. The maximum atomic E-state index is 12.5. The minimum Gasteiger partial charge on any atom is -0.444 e. The number of ether oxygens (including phenoxy) is 2. The number of amides is 1. The molecule has 0 saturated heterocycles. The normalized spacial score (nSPS) is 16.5. The number of hydrogen-bond acceptors (Lipinski definition) is 4. The van der Waals surface area contributed by atoms with Crippen LogP contribution in [0.3, 0.4) is 0 Å². The number of likely N-dealkylation sites (N-methyl/N-ethyl adjacent to an activating group) is 1. The Labute approximate surface area is 161 Å². The minimum absolute atomic E-state index is 0.150. The summed E-state index contributed by atoms with van der Waals surface area (Å²) < 4.78 is 11.6. The van der Waals surface area contributed by atoms with Gasteiger partial charge in [-0.25, -0.2) is 4.79 Å². The average molecular weight is 368 g/mol. The van der Waals surface area contributed by atoms with Crippen LogP contribution in [0.15, 0.2) is 42.7 Å². The largest absolute Gasteiger partial charge is 0.444 e. The summed E-state index contributed by atoms with van der Waals surface area (Å²) in [5.74, 6) is 0. The molecule has 0 fully saturated rings. The third kappa shape index (κ3) is 4.66. The molecule has 27 heavy (non-hydrogen) atoms. The molecular formula is C22H28N2O3. The van der Waals surface area contributed by atoms with Crippen LogP contribution in [-0.4, -0.2) is 41.3 Å². The number of pyridine rings is 1. The molecule has 0 saturated carbocycles.